The highest BCUT2D eigenvalue weighted by Crippen LogP contribution is 2.22. The Balaban J connectivity index is 1.92. The van der Waals surface area contributed by atoms with Crippen molar-refractivity contribution in [3.8, 4) is 11.5 Å². The lowest BCUT2D eigenvalue weighted by molar-refractivity contribution is 0.482. The van der Waals surface area contributed by atoms with Crippen LogP contribution in [0, 0.1) is 0 Å². The van der Waals surface area contributed by atoms with Gasteiger partial charge in [-0.2, -0.15) is 0 Å². The maximum atomic E-state index is 5.76. The molecule has 2 N–H and O–H groups in total. The van der Waals surface area contributed by atoms with Crippen LogP contribution in [-0.2, 0) is 6.42 Å². The van der Waals surface area contributed by atoms with Gasteiger partial charge in [0.1, 0.15) is 11.5 Å². The Kier molecular flexibility index (Phi) is 4.85. The van der Waals surface area contributed by atoms with E-state index in [-0.39, 0.29) is 0 Å². The van der Waals surface area contributed by atoms with Gasteiger partial charge in [0.2, 0.25) is 0 Å². The molecule has 2 aromatic carbocycles. The van der Waals surface area contributed by atoms with Crippen molar-refractivity contribution in [1.29, 1.82) is 0 Å². The number of anilines is 1. The summed E-state index contributed by atoms with van der Waals surface area (Å²) in [5, 5.41) is 0. The molecule has 0 saturated heterocycles. The lowest BCUT2D eigenvalue weighted by Gasteiger charge is -2.07. The summed E-state index contributed by atoms with van der Waals surface area (Å²) in [5.41, 5.74) is 7.76. The number of benzene rings is 2. The van der Waals surface area contributed by atoms with E-state index < -0.39 is 0 Å². The maximum absolute atomic E-state index is 5.76. The van der Waals surface area contributed by atoms with E-state index in [2.05, 4.69) is 19.1 Å². The summed E-state index contributed by atoms with van der Waals surface area (Å²) >= 11 is 0. The number of hydrogen-bond donors (Lipinski definition) is 1. The van der Waals surface area contributed by atoms with Gasteiger partial charge in [0.15, 0.2) is 0 Å². The fraction of sp³-hybridized carbons (Fsp3) is 0.294. The Labute approximate surface area is 115 Å². The minimum absolute atomic E-state index is 0.749. The summed E-state index contributed by atoms with van der Waals surface area (Å²) in [4.78, 5) is 0. The molecule has 2 rings (SSSR count). The van der Waals surface area contributed by atoms with Crippen LogP contribution in [0.15, 0.2) is 48.5 Å². The lowest BCUT2D eigenvalue weighted by atomic mass is 10.1. The molecule has 0 spiro atoms. The average molecular weight is 255 g/mol. The molecule has 0 saturated carbocycles. The molecular weight excluding hydrogens is 234 g/mol. The van der Waals surface area contributed by atoms with Crippen LogP contribution in [0.4, 0.5) is 5.69 Å². The second kappa shape index (κ2) is 6.83. The zero-order valence-electron chi connectivity index (χ0n) is 11.4. The van der Waals surface area contributed by atoms with E-state index in [1.165, 1.54) is 24.8 Å². The molecule has 0 radical (unpaired) electrons. The van der Waals surface area contributed by atoms with Crippen LogP contribution in [0.2, 0.25) is 0 Å². The number of hydrogen-bond acceptors (Lipinski definition) is 2. The Bertz CT molecular complexity index is 488. The summed E-state index contributed by atoms with van der Waals surface area (Å²) in [7, 11) is 0. The van der Waals surface area contributed by atoms with Crippen molar-refractivity contribution in [1.82, 2.24) is 0 Å². The molecule has 2 heteroatoms. The van der Waals surface area contributed by atoms with Gasteiger partial charge in [0.25, 0.3) is 0 Å². The number of aryl methyl sites for hydroxylation is 1. The van der Waals surface area contributed by atoms with E-state index in [1.54, 1.807) is 0 Å². The minimum Gasteiger partial charge on any atom is -0.457 e. The van der Waals surface area contributed by atoms with Gasteiger partial charge in [-0.3, -0.25) is 0 Å². The molecular formula is C17H21NO. The van der Waals surface area contributed by atoms with Crippen LogP contribution in [0.5, 0.6) is 11.5 Å². The molecule has 0 fully saturated rings. The van der Waals surface area contributed by atoms with E-state index >= 15 is 0 Å². The van der Waals surface area contributed by atoms with Crippen molar-refractivity contribution in [2.75, 3.05) is 5.73 Å². The van der Waals surface area contributed by atoms with Crippen molar-refractivity contribution in [2.24, 2.45) is 0 Å². The van der Waals surface area contributed by atoms with Crippen molar-refractivity contribution >= 4 is 5.69 Å². The van der Waals surface area contributed by atoms with Gasteiger partial charge < -0.3 is 10.5 Å². The highest BCUT2D eigenvalue weighted by atomic mass is 16.5. The Morgan fingerprint density at radius 3 is 2.00 bits per heavy atom. The average Bonchev–Trinajstić information content (AvgIpc) is 2.44. The first-order valence-corrected chi connectivity index (χ1v) is 6.90. The quantitative estimate of drug-likeness (QED) is 0.594. The Morgan fingerprint density at radius 1 is 0.842 bits per heavy atom. The standard InChI is InChI=1S/C17H21NO/c1-2-3-4-5-14-6-10-16(11-7-14)19-17-12-8-15(18)9-13-17/h6-13H,2-5,18H2,1H3. The fourth-order valence-corrected chi connectivity index (χ4v) is 1.98. The molecule has 0 aliphatic rings. The fourth-order valence-electron chi connectivity index (χ4n) is 1.98. The first-order chi connectivity index (χ1) is 9.28. The molecule has 0 amide bonds. The van der Waals surface area contributed by atoms with Gasteiger partial charge in [-0.1, -0.05) is 31.9 Å². The van der Waals surface area contributed by atoms with Gasteiger partial charge in [-0.15, -0.1) is 0 Å². The van der Waals surface area contributed by atoms with Gasteiger partial charge in [0, 0.05) is 5.69 Å². The number of ether oxygens (including phenoxy) is 1. The third-order valence-electron chi connectivity index (χ3n) is 3.11. The van der Waals surface area contributed by atoms with Crippen molar-refractivity contribution in [3.05, 3.63) is 54.1 Å². The van der Waals surface area contributed by atoms with Crippen LogP contribution >= 0.6 is 0 Å². The molecule has 0 aliphatic heterocycles. The largest absolute Gasteiger partial charge is 0.457 e. The highest BCUT2D eigenvalue weighted by molar-refractivity contribution is 5.43. The third-order valence-corrected chi connectivity index (χ3v) is 3.11. The SMILES string of the molecule is CCCCCc1ccc(Oc2ccc(N)cc2)cc1. The Morgan fingerprint density at radius 2 is 1.42 bits per heavy atom. The van der Waals surface area contributed by atoms with Crippen molar-refractivity contribution in [3.63, 3.8) is 0 Å². The number of nitrogen functional groups attached to an aromatic ring is 1. The summed E-state index contributed by atoms with van der Waals surface area (Å²) in [6, 6.07) is 15.8. The molecule has 0 aromatic heterocycles. The van der Waals surface area contributed by atoms with E-state index in [4.69, 9.17) is 10.5 Å². The number of rotatable bonds is 6. The van der Waals surface area contributed by atoms with Crippen LogP contribution in [0.1, 0.15) is 31.7 Å². The van der Waals surface area contributed by atoms with Gasteiger partial charge in [-0.25, -0.2) is 0 Å². The predicted octanol–water partition coefficient (Wildman–Crippen LogP) is 4.79. The van der Waals surface area contributed by atoms with E-state index in [0.29, 0.717) is 0 Å². The number of unbranched alkanes of at least 4 members (excludes halogenated alkanes) is 2. The molecule has 2 nitrogen and oxygen atoms in total. The van der Waals surface area contributed by atoms with Crippen LogP contribution < -0.4 is 10.5 Å². The normalized spacial score (nSPS) is 10.4. The second-order valence-corrected chi connectivity index (χ2v) is 4.77. The van der Waals surface area contributed by atoms with E-state index in [9.17, 15) is 0 Å². The van der Waals surface area contributed by atoms with E-state index in [0.717, 1.165) is 23.6 Å². The highest BCUT2D eigenvalue weighted by Gasteiger charge is 1.98. The summed E-state index contributed by atoms with van der Waals surface area (Å²) in [6.07, 6.45) is 4.96. The first kappa shape index (κ1) is 13.5. The van der Waals surface area contributed by atoms with Gasteiger partial charge in [0.05, 0.1) is 0 Å². The molecule has 0 unspecified atom stereocenters. The summed E-state index contributed by atoms with van der Waals surface area (Å²) in [6.45, 7) is 2.23. The zero-order valence-corrected chi connectivity index (χ0v) is 11.4. The molecule has 0 heterocycles. The zero-order chi connectivity index (χ0) is 13.5. The molecule has 0 atom stereocenters. The summed E-state index contributed by atoms with van der Waals surface area (Å²) in [5.74, 6) is 1.68. The molecule has 0 bridgehead atoms. The molecule has 2 aromatic rings. The van der Waals surface area contributed by atoms with Gasteiger partial charge in [-0.05, 0) is 54.8 Å². The Hall–Kier alpha value is -1.96. The number of nitrogens with two attached hydrogens (primary N) is 1. The monoisotopic (exact) mass is 255 g/mol. The smallest absolute Gasteiger partial charge is 0.127 e. The topological polar surface area (TPSA) is 35.2 Å². The van der Waals surface area contributed by atoms with Crippen molar-refractivity contribution < 1.29 is 4.74 Å². The summed E-state index contributed by atoms with van der Waals surface area (Å²) < 4.78 is 5.76. The van der Waals surface area contributed by atoms with Crippen molar-refractivity contribution in [2.45, 2.75) is 32.6 Å². The third kappa shape index (κ3) is 4.32. The second-order valence-electron chi connectivity index (χ2n) is 4.77. The van der Waals surface area contributed by atoms with Crippen LogP contribution in [0.25, 0.3) is 0 Å². The molecule has 0 aliphatic carbocycles. The van der Waals surface area contributed by atoms with Crippen LogP contribution in [-0.4, -0.2) is 0 Å². The lowest BCUT2D eigenvalue weighted by Crippen LogP contribution is -1.88. The maximum Gasteiger partial charge on any atom is 0.127 e. The van der Waals surface area contributed by atoms with E-state index in [1.807, 2.05) is 36.4 Å². The molecule has 100 valence electrons. The van der Waals surface area contributed by atoms with Crippen LogP contribution in [0.3, 0.4) is 0 Å². The predicted molar refractivity (Wildman–Crippen MR) is 80.6 cm³/mol. The molecule has 19 heavy (non-hydrogen) atoms. The minimum atomic E-state index is 0.749. The van der Waals surface area contributed by atoms with Gasteiger partial charge >= 0.3 is 0 Å². The first-order valence-electron chi connectivity index (χ1n) is 6.90.